The van der Waals surface area contributed by atoms with Gasteiger partial charge in [-0.25, -0.2) is 0 Å². The van der Waals surface area contributed by atoms with Crippen LogP contribution < -0.4 is 11.1 Å². The second-order valence-electron chi connectivity index (χ2n) is 4.78. The van der Waals surface area contributed by atoms with Gasteiger partial charge in [0.05, 0.1) is 12.6 Å². The summed E-state index contributed by atoms with van der Waals surface area (Å²) in [5.41, 5.74) is 7.67. The van der Waals surface area contributed by atoms with E-state index in [2.05, 4.69) is 10.4 Å². The predicted octanol–water partition coefficient (Wildman–Crippen LogP) is 2.00. The highest BCUT2D eigenvalue weighted by atomic mass is 16.2. The minimum Gasteiger partial charge on any atom is -0.325 e. The summed E-state index contributed by atoms with van der Waals surface area (Å²) in [7, 11) is 0. The molecule has 0 aliphatic carbocycles. The van der Waals surface area contributed by atoms with E-state index in [9.17, 15) is 4.79 Å². The summed E-state index contributed by atoms with van der Waals surface area (Å²) >= 11 is 0. The van der Waals surface area contributed by atoms with Gasteiger partial charge in [-0.2, -0.15) is 5.10 Å². The summed E-state index contributed by atoms with van der Waals surface area (Å²) in [6.45, 7) is 2.73. The number of nitrogens with one attached hydrogen (secondary N) is 1. The number of nitrogens with zero attached hydrogens (tertiary/aromatic N) is 2. The lowest BCUT2D eigenvalue weighted by molar-refractivity contribution is -0.117. The van der Waals surface area contributed by atoms with Crippen molar-refractivity contribution in [2.75, 3.05) is 5.32 Å². The number of rotatable bonds is 6. The molecule has 0 aliphatic heterocycles. The van der Waals surface area contributed by atoms with E-state index in [-0.39, 0.29) is 5.91 Å². The van der Waals surface area contributed by atoms with Gasteiger partial charge in [-0.15, -0.1) is 0 Å². The molecule has 0 unspecified atom stereocenters. The van der Waals surface area contributed by atoms with E-state index in [1.165, 1.54) is 0 Å². The van der Waals surface area contributed by atoms with Crippen LogP contribution in [0.1, 0.15) is 25.3 Å². The molecule has 20 heavy (non-hydrogen) atoms. The normalized spacial score (nSPS) is 12.1. The Kier molecular flexibility index (Phi) is 4.90. The van der Waals surface area contributed by atoms with Gasteiger partial charge in [0.15, 0.2) is 0 Å². The van der Waals surface area contributed by atoms with Crippen LogP contribution >= 0.6 is 0 Å². The van der Waals surface area contributed by atoms with Crippen molar-refractivity contribution in [2.24, 2.45) is 5.73 Å². The van der Waals surface area contributed by atoms with Crippen LogP contribution in [-0.2, 0) is 11.3 Å². The number of anilines is 1. The van der Waals surface area contributed by atoms with Gasteiger partial charge in [-0.3, -0.25) is 9.48 Å². The Hall–Kier alpha value is -2.14. The summed E-state index contributed by atoms with van der Waals surface area (Å²) in [6, 6.07) is 9.17. The van der Waals surface area contributed by atoms with Crippen molar-refractivity contribution in [3.8, 4) is 0 Å². The summed E-state index contributed by atoms with van der Waals surface area (Å²) < 4.78 is 1.85. The smallest absolute Gasteiger partial charge is 0.241 e. The van der Waals surface area contributed by atoms with E-state index in [4.69, 9.17) is 5.73 Å². The van der Waals surface area contributed by atoms with Gasteiger partial charge >= 0.3 is 0 Å². The highest BCUT2D eigenvalue weighted by Crippen LogP contribution is 2.11. The van der Waals surface area contributed by atoms with Crippen molar-refractivity contribution in [1.29, 1.82) is 0 Å². The second kappa shape index (κ2) is 6.86. The van der Waals surface area contributed by atoms with E-state index >= 15 is 0 Å². The molecule has 1 aromatic heterocycles. The SMILES string of the molecule is CCC[C@H](N)C(=O)Nc1ccc(Cn2cccn2)cc1. The molecule has 0 radical (unpaired) electrons. The number of nitrogens with two attached hydrogens (primary N) is 1. The van der Waals surface area contributed by atoms with Crippen LogP contribution in [0.4, 0.5) is 5.69 Å². The van der Waals surface area contributed by atoms with Crippen LogP contribution in [0.5, 0.6) is 0 Å². The molecule has 5 heteroatoms. The van der Waals surface area contributed by atoms with Gasteiger partial charge in [0, 0.05) is 18.1 Å². The summed E-state index contributed by atoms with van der Waals surface area (Å²) in [5.74, 6) is -0.133. The molecule has 1 atom stereocenters. The van der Waals surface area contributed by atoms with Crippen LogP contribution in [-0.4, -0.2) is 21.7 Å². The van der Waals surface area contributed by atoms with Crippen LogP contribution in [0.2, 0.25) is 0 Å². The van der Waals surface area contributed by atoms with Crippen LogP contribution in [0, 0.1) is 0 Å². The minimum absolute atomic E-state index is 0.133. The van der Waals surface area contributed by atoms with Gasteiger partial charge in [0.25, 0.3) is 0 Å². The summed E-state index contributed by atoms with van der Waals surface area (Å²) in [5, 5.41) is 6.98. The Morgan fingerprint density at radius 3 is 2.75 bits per heavy atom. The number of carbonyl (C=O) groups is 1. The maximum Gasteiger partial charge on any atom is 0.241 e. The molecule has 0 aliphatic rings. The van der Waals surface area contributed by atoms with Crippen molar-refractivity contribution >= 4 is 11.6 Å². The van der Waals surface area contributed by atoms with Crippen molar-refractivity contribution in [1.82, 2.24) is 9.78 Å². The summed E-state index contributed by atoms with van der Waals surface area (Å²) in [4.78, 5) is 11.8. The largest absolute Gasteiger partial charge is 0.325 e. The first-order chi connectivity index (χ1) is 9.69. The third-order valence-corrected chi connectivity index (χ3v) is 3.06. The van der Waals surface area contributed by atoms with Gasteiger partial charge in [-0.05, 0) is 30.2 Å². The molecular weight excluding hydrogens is 252 g/mol. The van der Waals surface area contributed by atoms with Gasteiger partial charge < -0.3 is 11.1 Å². The average Bonchev–Trinajstić information content (AvgIpc) is 2.94. The van der Waals surface area contributed by atoms with Crippen LogP contribution in [0.3, 0.4) is 0 Å². The first-order valence-electron chi connectivity index (χ1n) is 6.82. The molecular formula is C15H20N4O. The number of hydrogen-bond acceptors (Lipinski definition) is 3. The zero-order valence-corrected chi connectivity index (χ0v) is 11.6. The van der Waals surface area contributed by atoms with Gasteiger partial charge in [0.2, 0.25) is 5.91 Å². The van der Waals surface area contributed by atoms with E-state index in [0.717, 1.165) is 24.2 Å². The van der Waals surface area contributed by atoms with Crippen molar-refractivity contribution in [3.05, 3.63) is 48.3 Å². The van der Waals surface area contributed by atoms with Crippen LogP contribution in [0.25, 0.3) is 0 Å². The molecule has 0 saturated carbocycles. The standard InChI is InChI=1S/C15H20N4O/c1-2-4-14(16)15(20)18-13-7-5-12(6-8-13)11-19-10-3-9-17-19/h3,5-10,14H,2,4,11,16H2,1H3,(H,18,20)/t14-/m0/s1. The Balaban J connectivity index is 1.93. The van der Waals surface area contributed by atoms with Crippen LogP contribution in [0.15, 0.2) is 42.7 Å². The molecule has 0 spiro atoms. The fourth-order valence-electron chi connectivity index (χ4n) is 1.95. The molecule has 1 heterocycles. The molecule has 0 bridgehead atoms. The van der Waals surface area contributed by atoms with E-state index < -0.39 is 6.04 Å². The molecule has 0 fully saturated rings. The molecule has 5 nitrogen and oxygen atoms in total. The predicted molar refractivity (Wildman–Crippen MR) is 79.3 cm³/mol. The quantitative estimate of drug-likeness (QED) is 0.844. The fraction of sp³-hybridized carbons (Fsp3) is 0.333. The number of carbonyl (C=O) groups excluding carboxylic acids is 1. The molecule has 1 aromatic carbocycles. The Bertz CT molecular complexity index is 534. The Labute approximate surface area is 118 Å². The van der Waals surface area contributed by atoms with Gasteiger partial charge in [-0.1, -0.05) is 25.5 Å². The third-order valence-electron chi connectivity index (χ3n) is 3.06. The van der Waals surface area contributed by atoms with Gasteiger partial charge in [0.1, 0.15) is 0 Å². The zero-order chi connectivity index (χ0) is 14.4. The minimum atomic E-state index is -0.441. The maximum atomic E-state index is 11.8. The molecule has 2 rings (SSSR count). The molecule has 3 N–H and O–H groups in total. The lowest BCUT2D eigenvalue weighted by atomic mass is 10.1. The van der Waals surface area contributed by atoms with E-state index in [1.807, 2.05) is 48.1 Å². The van der Waals surface area contributed by atoms with Crippen molar-refractivity contribution in [3.63, 3.8) is 0 Å². The number of aromatic nitrogens is 2. The first kappa shape index (κ1) is 14.3. The van der Waals surface area contributed by atoms with Crippen molar-refractivity contribution in [2.45, 2.75) is 32.4 Å². The van der Waals surface area contributed by atoms with E-state index in [0.29, 0.717) is 6.42 Å². The third kappa shape index (κ3) is 3.93. The molecule has 0 saturated heterocycles. The monoisotopic (exact) mass is 272 g/mol. The molecule has 1 amide bonds. The zero-order valence-electron chi connectivity index (χ0n) is 11.6. The molecule has 2 aromatic rings. The van der Waals surface area contributed by atoms with Crippen molar-refractivity contribution < 1.29 is 4.79 Å². The Morgan fingerprint density at radius 1 is 1.40 bits per heavy atom. The molecule has 106 valence electrons. The van der Waals surface area contributed by atoms with E-state index in [1.54, 1.807) is 6.20 Å². The lowest BCUT2D eigenvalue weighted by Gasteiger charge is -2.11. The lowest BCUT2D eigenvalue weighted by Crippen LogP contribution is -2.35. The highest BCUT2D eigenvalue weighted by molar-refractivity contribution is 5.94. The number of amides is 1. The highest BCUT2D eigenvalue weighted by Gasteiger charge is 2.11. The average molecular weight is 272 g/mol. The number of hydrogen-bond donors (Lipinski definition) is 2. The Morgan fingerprint density at radius 2 is 2.15 bits per heavy atom. The maximum absolute atomic E-state index is 11.8. The second-order valence-corrected chi connectivity index (χ2v) is 4.78. The topological polar surface area (TPSA) is 72.9 Å². The first-order valence-corrected chi connectivity index (χ1v) is 6.82. The fourth-order valence-corrected chi connectivity index (χ4v) is 1.95. The number of benzene rings is 1. The summed E-state index contributed by atoms with van der Waals surface area (Å²) in [6.07, 6.45) is 5.27.